The third-order valence-corrected chi connectivity index (χ3v) is 4.82. The second-order valence-electron chi connectivity index (χ2n) is 6.67. The maximum atomic E-state index is 2.29. The molecule has 0 nitrogen and oxygen atoms in total. The first-order valence-electron chi connectivity index (χ1n) is 7.78. The van der Waals surface area contributed by atoms with Crippen LogP contribution >= 0.6 is 11.8 Å². The van der Waals surface area contributed by atoms with E-state index < -0.39 is 0 Å². The van der Waals surface area contributed by atoms with Gasteiger partial charge in [-0.25, -0.2) is 0 Å². The Labute approximate surface area is 134 Å². The molecule has 0 aliphatic carbocycles. The van der Waals surface area contributed by atoms with Crippen molar-refractivity contribution < 1.29 is 0 Å². The van der Waals surface area contributed by atoms with Gasteiger partial charge in [0.25, 0.3) is 0 Å². The maximum Gasteiger partial charge on any atom is 0.0122 e. The van der Waals surface area contributed by atoms with Crippen LogP contribution in [0.2, 0.25) is 0 Å². The molecule has 1 unspecified atom stereocenters. The molecule has 0 saturated heterocycles. The molecule has 0 aliphatic heterocycles. The number of hydrogen-bond donors (Lipinski definition) is 0. The third kappa shape index (κ3) is 4.64. The largest absolute Gasteiger partial charge is 0.120 e. The van der Waals surface area contributed by atoms with Crippen LogP contribution in [0.4, 0.5) is 0 Å². The Balaban J connectivity index is 2.15. The van der Waals surface area contributed by atoms with Crippen LogP contribution in [0.3, 0.4) is 0 Å². The van der Waals surface area contributed by atoms with Crippen molar-refractivity contribution in [2.75, 3.05) is 0 Å². The summed E-state index contributed by atoms with van der Waals surface area (Å²) in [4.78, 5) is 1.34. The molecule has 1 heteroatoms. The molecule has 0 fully saturated rings. The van der Waals surface area contributed by atoms with Crippen molar-refractivity contribution in [1.29, 1.82) is 0 Å². The van der Waals surface area contributed by atoms with Gasteiger partial charge in [0.15, 0.2) is 0 Å². The lowest BCUT2D eigenvalue weighted by molar-refractivity contribution is 0.734. The van der Waals surface area contributed by atoms with Gasteiger partial charge in [0.05, 0.1) is 0 Å². The van der Waals surface area contributed by atoms with Gasteiger partial charge in [-0.2, -0.15) is 0 Å². The van der Waals surface area contributed by atoms with Crippen LogP contribution in [0.1, 0.15) is 52.5 Å². The van der Waals surface area contributed by atoms with Crippen LogP contribution in [0.15, 0.2) is 53.4 Å². The van der Waals surface area contributed by atoms with E-state index in [0.717, 1.165) is 0 Å². The molecular formula is C20H26S. The average Bonchev–Trinajstić information content (AvgIpc) is 2.46. The molecule has 0 saturated carbocycles. The number of rotatable bonds is 4. The highest BCUT2D eigenvalue weighted by molar-refractivity contribution is 8.00. The third-order valence-electron chi connectivity index (χ3n) is 3.70. The highest BCUT2D eigenvalue weighted by Crippen LogP contribution is 2.33. The highest BCUT2D eigenvalue weighted by atomic mass is 32.2. The zero-order valence-electron chi connectivity index (χ0n) is 13.8. The smallest absolute Gasteiger partial charge is 0.0122 e. The van der Waals surface area contributed by atoms with Gasteiger partial charge in [0.2, 0.25) is 0 Å². The Morgan fingerprint density at radius 3 is 1.76 bits per heavy atom. The number of hydrogen-bond acceptors (Lipinski definition) is 1. The van der Waals surface area contributed by atoms with E-state index >= 15 is 0 Å². The van der Waals surface area contributed by atoms with Gasteiger partial charge >= 0.3 is 0 Å². The molecule has 2 aromatic carbocycles. The fraction of sp³-hybridized carbons (Fsp3) is 0.400. The van der Waals surface area contributed by atoms with Crippen LogP contribution < -0.4 is 0 Å². The van der Waals surface area contributed by atoms with Gasteiger partial charge < -0.3 is 0 Å². The first-order chi connectivity index (χ1) is 9.89. The van der Waals surface area contributed by atoms with Crippen molar-refractivity contribution in [2.45, 2.75) is 56.6 Å². The Bertz CT molecular complexity index is 558. The molecule has 1 atom stereocenters. The fourth-order valence-electron chi connectivity index (χ4n) is 2.31. The highest BCUT2D eigenvalue weighted by Gasteiger charge is 2.11. The summed E-state index contributed by atoms with van der Waals surface area (Å²) in [6, 6.07) is 17.9. The van der Waals surface area contributed by atoms with Crippen LogP contribution in [-0.2, 0) is 0 Å². The number of thioether (sulfide) groups is 1. The summed E-state index contributed by atoms with van der Waals surface area (Å²) in [6.07, 6.45) is 1.19. The van der Waals surface area contributed by atoms with Gasteiger partial charge in [-0.15, -0.1) is 11.8 Å². The zero-order chi connectivity index (χ0) is 15.5. The second-order valence-corrected chi connectivity index (χ2v) is 8.57. The Hall–Kier alpha value is -1.21. The molecule has 2 rings (SSSR count). The summed E-state index contributed by atoms with van der Waals surface area (Å²) in [5, 5.41) is 0. The molecule has 0 spiro atoms. The summed E-state index contributed by atoms with van der Waals surface area (Å²) < 4.78 is 0.263. The molecule has 0 aliphatic rings. The van der Waals surface area contributed by atoms with Gasteiger partial charge in [-0.1, -0.05) is 71.0 Å². The number of benzene rings is 2. The van der Waals surface area contributed by atoms with E-state index in [4.69, 9.17) is 0 Å². The monoisotopic (exact) mass is 298 g/mol. The van der Waals surface area contributed by atoms with E-state index in [9.17, 15) is 0 Å². The summed E-state index contributed by atoms with van der Waals surface area (Å²) in [5.74, 6) is 0.643. The summed E-state index contributed by atoms with van der Waals surface area (Å²) in [7, 11) is 0. The molecule has 0 bridgehead atoms. The SMILES string of the molecule is CCC(C)c1ccc(-c2ccc(SC(C)(C)C)cc2)cc1. The summed E-state index contributed by atoms with van der Waals surface area (Å²) in [5.41, 5.74) is 4.03. The minimum atomic E-state index is 0.263. The zero-order valence-corrected chi connectivity index (χ0v) is 14.6. The lowest BCUT2D eigenvalue weighted by atomic mass is 9.96. The van der Waals surface area contributed by atoms with Crippen molar-refractivity contribution in [3.05, 3.63) is 54.1 Å². The van der Waals surface area contributed by atoms with Gasteiger partial charge in [0, 0.05) is 9.64 Å². The predicted octanol–water partition coefficient (Wildman–Crippen LogP) is 6.76. The predicted molar refractivity (Wildman–Crippen MR) is 96.2 cm³/mol. The normalized spacial score (nSPS) is 13.2. The van der Waals surface area contributed by atoms with Crippen molar-refractivity contribution in [2.24, 2.45) is 0 Å². The van der Waals surface area contributed by atoms with Crippen LogP contribution in [0.5, 0.6) is 0 Å². The Morgan fingerprint density at radius 2 is 1.33 bits per heavy atom. The molecular weight excluding hydrogens is 272 g/mol. The molecule has 0 amide bonds. The molecule has 0 heterocycles. The lowest BCUT2D eigenvalue weighted by Crippen LogP contribution is -2.06. The summed E-state index contributed by atoms with van der Waals surface area (Å²) >= 11 is 1.91. The fourth-order valence-corrected chi connectivity index (χ4v) is 3.29. The van der Waals surface area contributed by atoms with Crippen molar-refractivity contribution in [3.63, 3.8) is 0 Å². The van der Waals surface area contributed by atoms with Gasteiger partial charge in [0.1, 0.15) is 0 Å². The van der Waals surface area contributed by atoms with Crippen LogP contribution in [0, 0.1) is 0 Å². The first kappa shape index (κ1) is 16.2. The van der Waals surface area contributed by atoms with E-state index in [1.165, 1.54) is 28.0 Å². The minimum Gasteiger partial charge on any atom is -0.120 e. The van der Waals surface area contributed by atoms with Gasteiger partial charge in [-0.05, 0) is 41.2 Å². The molecule has 0 N–H and O–H groups in total. The van der Waals surface area contributed by atoms with Crippen LogP contribution in [0.25, 0.3) is 11.1 Å². The maximum absolute atomic E-state index is 2.29. The summed E-state index contributed by atoms with van der Waals surface area (Å²) in [6.45, 7) is 11.3. The average molecular weight is 298 g/mol. The van der Waals surface area contributed by atoms with Crippen LogP contribution in [-0.4, -0.2) is 4.75 Å². The van der Waals surface area contributed by atoms with E-state index in [1.54, 1.807) is 0 Å². The standard InChI is InChI=1S/C20H26S/c1-6-15(2)16-7-9-17(10-8-16)18-11-13-19(14-12-18)21-20(3,4)5/h7-15H,6H2,1-5H3. The van der Waals surface area contributed by atoms with E-state index in [1.807, 2.05) is 11.8 Å². The minimum absolute atomic E-state index is 0.263. The molecule has 112 valence electrons. The quantitative estimate of drug-likeness (QED) is 0.562. The molecule has 0 aromatic heterocycles. The van der Waals surface area contributed by atoms with Crippen molar-refractivity contribution in [1.82, 2.24) is 0 Å². The lowest BCUT2D eigenvalue weighted by Gasteiger charge is -2.17. The Kier molecular flexibility index (Phi) is 5.16. The van der Waals surface area contributed by atoms with E-state index in [-0.39, 0.29) is 4.75 Å². The topological polar surface area (TPSA) is 0 Å². The first-order valence-corrected chi connectivity index (χ1v) is 8.60. The van der Waals surface area contributed by atoms with E-state index in [0.29, 0.717) is 5.92 Å². The molecule has 21 heavy (non-hydrogen) atoms. The Morgan fingerprint density at radius 1 is 0.857 bits per heavy atom. The second kappa shape index (κ2) is 6.70. The van der Waals surface area contributed by atoms with E-state index in [2.05, 4.69) is 83.1 Å². The van der Waals surface area contributed by atoms with Crippen molar-refractivity contribution in [3.8, 4) is 11.1 Å². The van der Waals surface area contributed by atoms with Crippen molar-refractivity contribution >= 4 is 11.8 Å². The van der Waals surface area contributed by atoms with Gasteiger partial charge in [-0.3, -0.25) is 0 Å². The molecule has 2 aromatic rings. The molecule has 0 radical (unpaired) electrons.